The summed E-state index contributed by atoms with van der Waals surface area (Å²) in [6.07, 6.45) is 3.61. The third-order valence-corrected chi connectivity index (χ3v) is 5.47. The standard InChI is InChI=1S/C19H30ClN3S/c1-14(2)7-10-22(4)17-8-11-23(12-9-17)19(24)21-18-13-16(20)6-5-15(18)3/h5-6,13-14,17H,7-12H2,1-4H3,(H,21,24). The second-order valence-electron chi connectivity index (χ2n) is 7.27. The van der Waals surface area contributed by atoms with Crippen molar-refractivity contribution in [2.24, 2.45) is 5.92 Å². The summed E-state index contributed by atoms with van der Waals surface area (Å²) in [7, 11) is 2.26. The smallest absolute Gasteiger partial charge is 0.173 e. The predicted octanol–water partition coefficient (Wildman–Crippen LogP) is 4.79. The molecule has 3 nitrogen and oxygen atoms in total. The number of nitrogens with one attached hydrogen (secondary N) is 1. The topological polar surface area (TPSA) is 18.5 Å². The summed E-state index contributed by atoms with van der Waals surface area (Å²) in [5, 5.41) is 4.91. The van der Waals surface area contributed by atoms with Gasteiger partial charge in [0.2, 0.25) is 0 Å². The predicted molar refractivity (Wildman–Crippen MR) is 109 cm³/mol. The highest BCUT2D eigenvalue weighted by Crippen LogP contribution is 2.22. The minimum atomic E-state index is 0.677. The molecule has 2 rings (SSSR count). The molecule has 1 aromatic rings. The molecule has 1 saturated heterocycles. The number of thiocarbonyl (C=S) groups is 1. The van der Waals surface area contributed by atoms with E-state index in [-0.39, 0.29) is 0 Å². The third-order valence-electron chi connectivity index (χ3n) is 4.88. The number of nitrogens with zero attached hydrogens (tertiary/aromatic N) is 2. The Hall–Kier alpha value is -0.840. The maximum atomic E-state index is 6.09. The van der Waals surface area contributed by atoms with Crippen molar-refractivity contribution in [1.29, 1.82) is 0 Å². The zero-order chi connectivity index (χ0) is 17.7. The molecule has 1 aliphatic heterocycles. The quantitative estimate of drug-likeness (QED) is 0.754. The first-order valence-corrected chi connectivity index (χ1v) is 9.67. The van der Waals surface area contributed by atoms with Crippen LogP contribution in [0.4, 0.5) is 5.69 Å². The number of aryl methyl sites for hydroxylation is 1. The van der Waals surface area contributed by atoms with E-state index in [0.29, 0.717) is 6.04 Å². The molecule has 1 fully saturated rings. The molecule has 1 heterocycles. The molecular weight excluding hydrogens is 338 g/mol. The van der Waals surface area contributed by atoms with Crippen LogP contribution in [0.2, 0.25) is 5.02 Å². The molecule has 5 heteroatoms. The highest BCUT2D eigenvalue weighted by Gasteiger charge is 2.23. The Morgan fingerprint density at radius 3 is 2.67 bits per heavy atom. The van der Waals surface area contributed by atoms with Crippen LogP contribution in [0.1, 0.15) is 38.7 Å². The van der Waals surface area contributed by atoms with Gasteiger partial charge in [-0.05, 0) is 75.6 Å². The Balaban J connectivity index is 1.83. The second kappa shape index (κ2) is 9.02. The molecule has 0 aliphatic carbocycles. The van der Waals surface area contributed by atoms with Crippen molar-refractivity contribution in [2.45, 2.75) is 46.1 Å². The van der Waals surface area contributed by atoms with Gasteiger partial charge in [-0.15, -0.1) is 0 Å². The molecule has 0 bridgehead atoms. The van der Waals surface area contributed by atoms with Gasteiger partial charge in [-0.3, -0.25) is 0 Å². The lowest BCUT2D eigenvalue weighted by atomic mass is 10.0. The Morgan fingerprint density at radius 2 is 2.04 bits per heavy atom. The minimum Gasteiger partial charge on any atom is -0.349 e. The minimum absolute atomic E-state index is 0.677. The summed E-state index contributed by atoms with van der Waals surface area (Å²) in [6.45, 7) is 9.87. The van der Waals surface area contributed by atoms with Crippen LogP contribution in [0.15, 0.2) is 18.2 Å². The Labute approximate surface area is 157 Å². The summed E-state index contributed by atoms with van der Waals surface area (Å²) in [4.78, 5) is 4.80. The molecule has 134 valence electrons. The van der Waals surface area contributed by atoms with Crippen LogP contribution in [0.25, 0.3) is 0 Å². The van der Waals surface area contributed by atoms with E-state index in [1.165, 1.54) is 25.8 Å². The first-order valence-electron chi connectivity index (χ1n) is 8.89. The highest BCUT2D eigenvalue weighted by molar-refractivity contribution is 7.80. The van der Waals surface area contributed by atoms with Gasteiger partial charge in [0.1, 0.15) is 0 Å². The number of halogens is 1. The van der Waals surface area contributed by atoms with E-state index < -0.39 is 0 Å². The van der Waals surface area contributed by atoms with Crippen LogP contribution >= 0.6 is 23.8 Å². The lowest BCUT2D eigenvalue weighted by Gasteiger charge is -2.38. The van der Waals surface area contributed by atoms with Crippen molar-refractivity contribution in [3.8, 4) is 0 Å². The molecule has 0 radical (unpaired) electrons. The summed E-state index contributed by atoms with van der Waals surface area (Å²) in [6, 6.07) is 6.54. The maximum Gasteiger partial charge on any atom is 0.173 e. The van der Waals surface area contributed by atoms with E-state index in [4.69, 9.17) is 23.8 Å². The van der Waals surface area contributed by atoms with Crippen molar-refractivity contribution >= 4 is 34.6 Å². The van der Waals surface area contributed by atoms with E-state index in [0.717, 1.165) is 40.4 Å². The number of anilines is 1. The molecule has 0 atom stereocenters. The van der Waals surface area contributed by atoms with Gasteiger partial charge in [-0.2, -0.15) is 0 Å². The van der Waals surface area contributed by atoms with Gasteiger partial charge in [0.25, 0.3) is 0 Å². The molecule has 1 N–H and O–H groups in total. The summed E-state index contributed by atoms with van der Waals surface area (Å²) < 4.78 is 0. The van der Waals surface area contributed by atoms with Crippen molar-refractivity contribution < 1.29 is 0 Å². The van der Waals surface area contributed by atoms with E-state index >= 15 is 0 Å². The van der Waals surface area contributed by atoms with Crippen LogP contribution in [-0.2, 0) is 0 Å². The van der Waals surface area contributed by atoms with Crippen molar-refractivity contribution in [2.75, 3.05) is 32.0 Å². The Kier molecular flexibility index (Phi) is 7.33. The van der Waals surface area contributed by atoms with Gasteiger partial charge in [-0.25, -0.2) is 0 Å². The third kappa shape index (κ3) is 5.61. The van der Waals surface area contributed by atoms with Gasteiger partial charge in [0, 0.05) is 29.8 Å². The molecule has 1 aliphatic rings. The largest absolute Gasteiger partial charge is 0.349 e. The van der Waals surface area contributed by atoms with Gasteiger partial charge < -0.3 is 15.1 Å². The van der Waals surface area contributed by atoms with Crippen LogP contribution < -0.4 is 5.32 Å². The number of hydrogen-bond donors (Lipinski definition) is 1. The number of piperidine rings is 1. The zero-order valence-corrected chi connectivity index (χ0v) is 16.9. The number of hydrogen-bond acceptors (Lipinski definition) is 2. The molecule has 0 spiro atoms. The molecule has 0 aromatic heterocycles. The molecule has 0 unspecified atom stereocenters. The summed E-state index contributed by atoms with van der Waals surface area (Å²) in [5.41, 5.74) is 2.16. The van der Waals surface area contributed by atoms with Crippen LogP contribution in [0.3, 0.4) is 0 Å². The fraction of sp³-hybridized carbons (Fsp3) is 0.632. The fourth-order valence-electron chi connectivity index (χ4n) is 3.08. The van der Waals surface area contributed by atoms with Crippen LogP contribution in [0.5, 0.6) is 0 Å². The molecule has 24 heavy (non-hydrogen) atoms. The fourth-order valence-corrected chi connectivity index (χ4v) is 3.54. The van der Waals surface area contributed by atoms with Crippen molar-refractivity contribution in [3.05, 3.63) is 28.8 Å². The normalized spacial score (nSPS) is 16.0. The lowest BCUT2D eigenvalue weighted by molar-refractivity contribution is 0.159. The number of likely N-dealkylation sites (tertiary alicyclic amines) is 1. The first-order chi connectivity index (χ1) is 11.4. The molecule has 1 aromatic carbocycles. The van der Waals surface area contributed by atoms with Crippen molar-refractivity contribution in [1.82, 2.24) is 9.80 Å². The van der Waals surface area contributed by atoms with Gasteiger partial charge in [-0.1, -0.05) is 31.5 Å². The zero-order valence-electron chi connectivity index (χ0n) is 15.3. The highest BCUT2D eigenvalue weighted by atomic mass is 35.5. The number of rotatable bonds is 5. The first kappa shape index (κ1) is 19.5. The van der Waals surface area contributed by atoms with Crippen LogP contribution in [-0.4, -0.2) is 47.6 Å². The number of benzene rings is 1. The van der Waals surface area contributed by atoms with E-state index in [9.17, 15) is 0 Å². The van der Waals surface area contributed by atoms with E-state index in [2.05, 4.69) is 42.9 Å². The lowest BCUT2D eigenvalue weighted by Crippen LogP contribution is -2.47. The van der Waals surface area contributed by atoms with Gasteiger partial charge in [0.15, 0.2) is 5.11 Å². The molecule has 0 saturated carbocycles. The van der Waals surface area contributed by atoms with Gasteiger partial charge >= 0.3 is 0 Å². The Bertz CT molecular complexity index is 554. The molecule has 0 amide bonds. The van der Waals surface area contributed by atoms with E-state index in [1.54, 1.807) is 0 Å². The summed E-state index contributed by atoms with van der Waals surface area (Å²) >= 11 is 11.7. The second-order valence-corrected chi connectivity index (χ2v) is 8.09. The van der Waals surface area contributed by atoms with Gasteiger partial charge in [0.05, 0.1) is 0 Å². The maximum absolute atomic E-state index is 6.09. The average molecular weight is 368 g/mol. The Morgan fingerprint density at radius 1 is 1.38 bits per heavy atom. The SMILES string of the molecule is Cc1ccc(Cl)cc1NC(=S)N1CCC(N(C)CCC(C)C)CC1. The van der Waals surface area contributed by atoms with Crippen LogP contribution in [0, 0.1) is 12.8 Å². The molecular formula is C19H30ClN3S. The van der Waals surface area contributed by atoms with E-state index in [1.807, 2.05) is 18.2 Å². The summed E-state index contributed by atoms with van der Waals surface area (Å²) in [5.74, 6) is 0.769. The average Bonchev–Trinajstić information content (AvgIpc) is 2.56. The monoisotopic (exact) mass is 367 g/mol. The van der Waals surface area contributed by atoms with Crippen molar-refractivity contribution in [3.63, 3.8) is 0 Å².